The summed E-state index contributed by atoms with van der Waals surface area (Å²) < 4.78 is 5.36. The Hall–Kier alpha value is -2.76. The molecule has 0 aliphatic carbocycles. The number of benzene rings is 2. The van der Waals surface area contributed by atoms with Gasteiger partial charge in [0.2, 0.25) is 5.91 Å². The summed E-state index contributed by atoms with van der Waals surface area (Å²) in [7, 11) is 0. The molecule has 5 nitrogen and oxygen atoms in total. The van der Waals surface area contributed by atoms with Crippen LogP contribution in [0.3, 0.4) is 0 Å². The van der Waals surface area contributed by atoms with Crippen molar-refractivity contribution < 1.29 is 14.0 Å². The van der Waals surface area contributed by atoms with Crippen LogP contribution in [0.5, 0.6) is 0 Å². The average Bonchev–Trinajstić information content (AvgIpc) is 3.19. The number of amides is 2. The molecule has 0 bridgehead atoms. The van der Waals surface area contributed by atoms with Crippen molar-refractivity contribution in [3.05, 3.63) is 93.9 Å². The smallest absolute Gasteiger partial charge is 0.253 e. The van der Waals surface area contributed by atoms with Crippen molar-refractivity contribution in [2.24, 2.45) is 0 Å². The Morgan fingerprint density at radius 1 is 0.964 bits per heavy atom. The molecule has 0 aliphatic heterocycles. The van der Waals surface area contributed by atoms with E-state index >= 15 is 0 Å². The molecule has 0 radical (unpaired) electrons. The zero-order chi connectivity index (χ0) is 19.9. The van der Waals surface area contributed by atoms with Crippen molar-refractivity contribution in [3.8, 4) is 0 Å². The largest absolute Gasteiger partial charge is 0.467 e. The highest BCUT2D eigenvalue weighted by Gasteiger charge is 2.18. The molecule has 144 valence electrons. The molecule has 7 heteroatoms. The van der Waals surface area contributed by atoms with Crippen LogP contribution < -0.4 is 5.32 Å². The van der Waals surface area contributed by atoms with Crippen molar-refractivity contribution >= 4 is 35.0 Å². The van der Waals surface area contributed by atoms with Gasteiger partial charge >= 0.3 is 0 Å². The van der Waals surface area contributed by atoms with Crippen LogP contribution in [0, 0.1) is 0 Å². The van der Waals surface area contributed by atoms with Gasteiger partial charge in [-0.05, 0) is 35.9 Å². The average molecular weight is 417 g/mol. The van der Waals surface area contributed by atoms with Crippen LogP contribution in [0.25, 0.3) is 0 Å². The first-order chi connectivity index (χ1) is 13.5. The standard InChI is InChI=1S/C21H18Cl2N2O3/c22-16-8-9-18(19(23)11-16)21(27)24-12-20(26)25(14-17-7-4-10-28-17)13-15-5-2-1-3-6-15/h1-11H,12-14H2,(H,24,27). The van der Waals surface area contributed by atoms with Gasteiger partial charge in [-0.25, -0.2) is 0 Å². The molecule has 0 saturated heterocycles. The van der Waals surface area contributed by atoms with E-state index in [1.807, 2.05) is 30.3 Å². The van der Waals surface area contributed by atoms with Crippen LogP contribution in [-0.2, 0) is 17.9 Å². The summed E-state index contributed by atoms with van der Waals surface area (Å²) in [6.45, 7) is 0.543. The SMILES string of the molecule is O=C(NCC(=O)N(Cc1ccccc1)Cc1ccco1)c1ccc(Cl)cc1Cl. The van der Waals surface area contributed by atoms with Gasteiger partial charge in [0, 0.05) is 11.6 Å². The maximum atomic E-state index is 12.8. The fourth-order valence-corrected chi connectivity index (χ4v) is 3.16. The van der Waals surface area contributed by atoms with Gasteiger partial charge < -0.3 is 14.6 Å². The van der Waals surface area contributed by atoms with Gasteiger partial charge in [0.25, 0.3) is 5.91 Å². The number of halogens is 2. The molecular formula is C21H18Cl2N2O3. The third-order valence-electron chi connectivity index (χ3n) is 4.07. The number of nitrogens with one attached hydrogen (secondary N) is 1. The normalized spacial score (nSPS) is 10.5. The van der Waals surface area contributed by atoms with Crippen molar-refractivity contribution in [1.29, 1.82) is 0 Å². The Bertz CT molecular complexity index is 944. The van der Waals surface area contributed by atoms with E-state index in [4.69, 9.17) is 27.6 Å². The highest BCUT2D eigenvalue weighted by molar-refractivity contribution is 6.36. The van der Waals surface area contributed by atoms with Gasteiger partial charge in [0.15, 0.2) is 0 Å². The van der Waals surface area contributed by atoms with Crippen molar-refractivity contribution in [1.82, 2.24) is 10.2 Å². The van der Waals surface area contributed by atoms with Crippen LogP contribution >= 0.6 is 23.2 Å². The Morgan fingerprint density at radius 3 is 2.43 bits per heavy atom. The summed E-state index contributed by atoms with van der Waals surface area (Å²) in [6.07, 6.45) is 1.56. The van der Waals surface area contributed by atoms with Crippen LogP contribution in [-0.4, -0.2) is 23.3 Å². The number of carbonyl (C=O) groups excluding carboxylic acids is 2. The highest BCUT2D eigenvalue weighted by atomic mass is 35.5. The molecule has 0 atom stereocenters. The van der Waals surface area contributed by atoms with Crippen LogP contribution in [0.2, 0.25) is 10.0 Å². The lowest BCUT2D eigenvalue weighted by Gasteiger charge is -2.22. The minimum absolute atomic E-state index is 0.161. The molecule has 1 aromatic heterocycles. The number of furan rings is 1. The van der Waals surface area contributed by atoms with E-state index in [0.717, 1.165) is 5.56 Å². The van der Waals surface area contributed by atoms with Crippen molar-refractivity contribution in [2.75, 3.05) is 6.54 Å². The third kappa shape index (κ3) is 5.38. The third-order valence-corrected chi connectivity index (χ3v) is 4.62. The molecule has 3 aromatic rings. The fraction of sp³-hybridized carbons (Fsp3) is 0.143. The quantitative estimate of drug-likeness (QED) is 0.614. The summed E-state index contributed by atoms with van der Waals surface area (Å²) >= 11 is 11.9. The fourth-order valence-electron chi connectivity index (χ4n) is 2.66. The molecule has 0 saturated carbocycles. The summed E-state index contributed by atoms with van der Waals surface area (Å²) in [5, 5.41) is 3.28. The van der Waals surface area contributed by atoms with E-state index in [1.54, 1.807) is 29.4 Å². The Morgan fingerprint density at radius 2 is 1.75 bits per heavy atom. The van der Waals surface area contributed by atoms with E-state index in [-0.39, 0.29) is 23.0 Å². The van der Waals surface area contributed by atoms with Crippen molar-refractivity contribution in [3.63, 3.8) is 0 Å². The number of carbonyl (C=O) groups is 2. The van der Waals surface area contributed by atoms with Crippen LogP contribution in [0.4, 0.5) is 0 Å². The second-order valence-corrected chi connectivity index (χ2v) is 6.97. The zero-order valence-electron chi connectivity index (χ0n) is 14.9. The lowest BCUT2D eigenvalue weighted by Crippen LogP contribution is -2.39. The zero-order valence-corrected chi connectivity index (χ0v) is 16.4. The summed E-state index contributed by atoms with van der Waals surface area (Å²) in [6, 6.07) is 17.8. The first kappa shape index (κ1) is 20.0. The first-order valence-electron chi connectivity index (χ1n) is 8.60. The molecule has 28 heavy (non-hydrogen) atoms. The van der Waals surface area contributed by atoms with Gasteiger partial charge in [-0.1, -0.05) is 53.5 Å². The lowest BCUT2D eigenvalue weighted by molar-refractivity contribution is -0.131. The summed E-state index contributed by atoms with van der Waals surface area (Å²) in [4.78, 5) is 26.7. The van der Waals surface area contributed by atoms with Gasteiger partial charge in [-0.2, -0.15) is 0 Å². The van der Waals surface area contributed by atoms with Gasteiger partial charge in [-0.3, -0.25) is 9.59 Å². The van der Waals surface area contributed by atoms with Crippen LogP contribution in [0.15, 0.2) is 71.3 Å². The number of nitrogens with zero attached hydrogens (tertiary/aromatic N) is 1. The second kappa shape index (κ2) is 9.44. The second-order valence-electron chi connectivity index (χ2n) is 6.12. The molecule has 0 unspecified atom stereocenters. The monoisotopic (exact) mass is 416 g/mol. The Balaban J connectivity index is 1.67. The van der Waals surface area contributed by atoms with Gasteiger partial charge in [0.05, 0.1) is 29.9 Å². The minimum atomic E-state index is -0.437. The molecule has 1 heterocycles. The number of rotatable bonds is 7. The Kier molecular flexibility index (Phi) is 6.74. The maximum absolute atomic E-state index is 12.8. The van der Waals surface area contributed by atoms with E-state index in [1.165, 1.54) is 12.1 Å². The van der Waals surface area contributed by atoms with Gasteiger partial charge in [-0.15, -0.1) is 0 Å². The minimum Gasteiger partial charge on any atom is -0.467 e. The van der Waals surface area contributed by atoms with E-state index in [9.17, 15) is 9.59 Å². The summed E-state index contributed by atoms with van der Waals surface area (Å²) in [5.74, 6) is -0.0114. The predicted octanol–water partition coefficient (Wildman–Crippen LogP) is 4.55. The van der Waals surface area contributed by atoms with E-state index < -0.39 is 5.91 Å². The molecule has 2 aromatic carbocycles. The number of hydrogen-bond donors (Lipinski definition) is 1. The highest BCUT2D eigenvalue weighted by Crippen LogP contribution is 2.20. The van der Waals surface area contributed by atoms with Crippen molar-refractivity contribution in [2.45, 2.75) is 13.1 Å². The molecule has 2 amide bonds. The number of hydrogen-bond acceptors (Lipinski definition) is 3. The molecule has 0 aliphatic rings. The topological polar surface area (TPSA) is 62.6 Å². The maximum Gasteiger partial charge on any atom is 0.253 e. The molecule has 0 spiro atoms. The summed E-state index contributed by atoms with van der Waals surface area (Å²) in [5.41, 5.74) is 1.24. The first-order valence-corrected chi connectivity index (χ1v) is 9.36. The van der Waals surface area contributed by atoms with E-state index in [2.05, 4.69) is 5.32 Å². The Labute approximate surface area is 172 Å². The van der Waals surface area contributed by atoms with Gasteiger partial charge in [0.1, 0.15) is 5.76 Å². The predicted molar refractivity (Wildman–Crippen MR) is 108 cm³/mol. The molecule has 0 fully saturated rings. The molecular weight excluding hydrogens is 399 g/mol. The lowest BCUT2D eigenvalue weighted by atomic mass is 10.2. The molecule has 3 rings (SSSR count). The molecule has 1 N–H and O–H groups in total. The van der Waals surface area contributed by atoms with Crippen LogP contribution in [0.1, 0.15) is 21.7 Å². The van der Waals surface area contributed by atoms with E-state index in [0.29, 0.717) is 23.9 Å².